The van der Waals surface area contributed by atoms with E-state index in [9.17, 15) is 0 Å². The van der Waals surface area contributed by atoms with E-state index >= 15 is 0 Å². The standard InChI is InChI=1S/C20H24Cl2N4/c1-5-7-10-26(6-2)20-17-12(3)23-18(19(17)24-13(4)25-20)15-9-8-14(21)11-16(15)22/h8-9,11H,5-7,10H2,1-4H3,(H,24,25). The number of hydrogen-bond donors (Lipinski definition) is 1. The highest BCUT2D eigenvalue weighted by atomic mass is 35.5. The lowest BCUT2D eigenvalue weighted by Crippen LogP contribution is -2.26. The average Bonchev–Trinajstić information content (AvgIpc) is 2.91. The van der Waals surface area contributed by atoms with Gasteiger partial charge in [0.2, 0.25) is 0 Å². The van der Waals surface area contributed by atoms with Gasteiger partial charge in [-0.25, -0.2) is 4.98 Å². The minimum absolute atomic E-state index is 0.597. The summed E-state index contributed by atoms with van der Waals surface area (Å²) in [5.41, 5.74) is 4.71. The summed E-state index contributed by atoms with van der Waals surface area (Å²) in [5.74, 6) is 1.86. The molecule has 0 saturated carbocycles. The van der Waals surface area contributed by atoms with Crippen molar-refractivity contribution in [2.24, 2.45) is 0 Å². The van der Waals surface area contributed by atoms with Crippen molar-refractivity contribution in [3.05, 3.63) is 39.8 Å². The fourth-order valence-electron chi connectivity index (χ4n) is 3.27. The summed E-state index contributed by atoms with van der Waals surface area (Å²) in [5, 5.41) is 1.21. The molecule has 0 amide bonds. The summed E-state index contributed by atoms with van der Waals surface area (Å²) in [6.07, 6.45) is 2.29. The number of hydrogen-bond acceptors (Lipinski definition) is 3. The van der Waals surface area contributed by atoms with Crippen molar-refractivity contribution in [2.75, 3.05) is 18.0 Å². The summed E-state index contributed by atoms with van der Waals surface area (Å²) in [6.45, 7) is 10.3. The zero-order valence-corrected chi connectivity index (χ0v) is 17.2. The Balaban J connectivity index is 2.17. The number of rotatable bonds is 6. The van der Waals surface area contributed by atoms with Gasteiger partial charge in [-0.1, -0.05) is 36.5 Å². The number of aromatic nitrogens is 3. The Hall–Kier alpha value is -1.78. The first-order chi connectivity index (χ1) is 12.5. The predicted octanol–water partition coefficient (Wildman–Crippen LogP) is 6.13. The van der Waals surface area contributed by atoms with E-state index in [2.05, 4.69) is 23.7 Å². The average molecular weight is 391 g/mol. The van der Waals surface area contributed by atoms with Crippen molar-refractivity contribution in [2.45, 2.75) is 40.5 Å². The van der Waals surface area contributed by atoms with E-state index in [1.54, 1.807) is 6.07 Å². The van der Waals surface area contributed by atoms with E-state index in [0.717, 1.165) is 65.8 Å². The van der Waals surface area contributed by atoms with Crippen LogP contribution in [0.1, 0.15) is 38.2 Å². The van der Waals surface area contributed by atoms with Gasteiger partial charge in [-0.3, -0.25) is 4.98 Å². The molecule has 2 aliphatic rings. The van der Waals surface area contributed by atoms with Crippen LogP contribution < -0.4 is 4.90 Å². The summed E-state index contributed by atoms with van der Waals surface area (Å²) in [4.78, 5) is 15.4. The lowest BCUT2D eigenvalue weighted by Gasteiger charge is -2.25. The fraction of sp³-hybridized carbons (Fsp3) is 0.400. The number of anilines is 1. The van der Waals surface area contributed by atoms with E-state index in [1.807, 2.05) is 26.0 Å². The lowest BCUT2D eigenvalue weighted by atomic mass is 10.1. The largest absolute Gasteiger partial charge is 0.356 e. The first-order valence-electron chi connectivity index (χ1n) is 9.03. The molecule has 0 aliphatic carbocycles. The van der Waals surface area contributed by atoms with E-state index in [0.29, 0.717) is 10.0 Å². The fourth-order valence-corrected chi connectivity index (χ4v) is 3.76. The highest BCUT2D eigenvalue weighted by Gasteiger charge is 2.26. The number of halogens is 2. The van der Waals surface area contributed by atoms with Crippen LogP contribution in [0.4, 0.5) is 5.82 Å². The van der Waals surface area contributed by atoms with Crippen LogP contribution in [0.5, 0.6) is 0 Å². The third-order valence-corrected chi connectivity index (χ3v) is 5.13. The van der Waals surface area contributed by atoms with E-state index < -0.39 is 0 Å². The zero-order valence-electron chi connectivity index (χ0n) is 15.7. The van der Waals surface area contributed by atoms with Gasteiger partial charge in [-0.05, 0) is 45.4 Å². The Bertz CT molecular complexity index is 888. The maximum atomic E-state index is 6.45. The topological polar surface area (TPSA) is 44.8 Å². The number of fused-ring (bicyclic) bond motifs is 1. The molecule has 2 aliphatic heterocycles. The van der Waals surface area contributed by atoms with Crippen LogP contribution in [0.15, 0.2) is 18.2 Å². The molecule has 0 bridgehead atoms. The molecule has 0 saturated heterocycles. The molecule has 3 rings (SSSR count). The van der Waals surface area contributed by atoms with Gasteiger partial charge in [-0.15, -0.1) is 0 Å². The molecule has 0 fully saturated rings. The van der Waals surface area contributed by atoms with Crippen molar-refractivity contribution in [1.29, 1.82) is 0 Å². The van der Waals surface area contributed by atoms with Gasteiger partial charge in [0.05, 0.1) is 27.7 Å². The Labute approximate surface area is 164 Å². The van der Waals surface area contributed by atoms with Crippen molar-refractivity contribution in [3.63, 3.8) is 0 Å². The van der Waals surface area contributed by atoms with Gasteiger partial charge in [0.15, 0.2) is 0 Å². The highest BCUT2D eigenvalue weighted by molar-refractivity contribution is 6.36. The molecular formula is C20H24Cl2N4. The third-order valence-electron chi connectivity index (χ3n) is 4.58. The minimum atomic E-state index is 0.597. The summed E-state index contributed by atoms with van der Waals surface area (Å²) < 4.78 is 0. The van der Waals surface area contributed by atoms with Gasteiger partial charge < -0.3 is 9.88 Å². The van der Waals surface area contributed by atoms with Crippen LogP contribution in [0.25, 0.3) is 22.5 Å². The van der Waals surface area contributed by atoms with Crippen molar-refractivity contribution < 1.29 is 0 Å². The first kappa shape index (κ1) is 19.0. The number of nitrogens with one attached hydrogen (secondary N) is 1. The second-order valence-corrected chi connectivity index (χ2v) is 7.34. The van der Waals surface area contributed by atoms with Crippen LogP contribution in [-0.2, 0) is 0 Å². The molecule has 2 heterocycles. The second-order valence-electron chi connectivity index (χ2n) is 6.50. The normalized spacial score (nSPS) is 11.3. The summed E-state index contributed by atoms with van der Waals surface area (Å²) in [7, 11) is 0. The number of H-pyrrole nitrogens is 1. The van der Waals surface area contributed by atoms with Crippen LogP contribution in [0.2, 0.25) is 10.0 Å². The number of aromatic amines is 1. The number of unbranched alkanes of at least 4 members (excludes halogenated alkanes) is 1. The quantitative estimate of drug-likeness (QED) is 0.550. The first-order valence-corrected chi connectivity index (χ1v) is 9.79. The number of nitrogens with zero attached hydrogens (tertiary/aromatic N) is 3. The number of aryl methyl sites for hydroxylation is 2. The summed E-state index contributed by atoms with van der Waals surface area (Å²) in [6, 6.07) is 5.51. The molecule has 26 heavy (non-hydrogen) atoms. The predicted molar refractivity (Wildman–Crippen MR) is 111 cm³/mol. The van der Waals surface area contributed by atoms with E-state index in [4.69, 9.17) is 33.2 Å². The molecule has 0 atom stereocenters. The van der Waals surface area contributed by atoms with E-state index in [1.165, 1.54) is 0 Å². The Morgan fingerprint density at radius 2 is 1.88 bits per heavy atom. The molecule has 0 spiro atoms. The molecule has 1 N–H and O–H groups in total. The molecule has 1 aromatic rings. The van der Waals surface area contributed by atoms with Gasteiger partial charge in [-0.2, -0.15) is 0 Å². The highest BCUT2D eigenvalue weighted by Crippen LogP contribution is 2.42. The van der Waals surface area contributed by atoms with Crippen LogP contribution >= 0.6 is 23.2 Å². The van der Waals surface area contributed by atoms with Gasteiger partial charge in [0.1, 0.15) is 11.6 Å². The minimum Gasteiger partial charge on any atom is -0.356 e. The zero-order chi connectivity index (χ0) is 18.8. The smallest absolute Gasteiger partial charge is 0.141 e. The Kier molecular flexibility index (Phi) is 5.73. The third kappa shape index (κ3) is 3.53. The van der Waals surface area contributed by atoms with Crippen molar-refractivity contribution in [3.8, 4) is 22.5 Å². The van der Waals surface area contributed by atoms with Crippen LogP contribution in [0, 0.1) is 13.8 Å². The molecule has 0 unspecified atom stereocenters. The molecule has 0 radical (unpaired) electrons. The van der Waals surface area contributed by atoms with Gasteiger partial charge in [0.25, 0.3) is 0 Å². The molecule has 138 valence electrons. The summed E-state index contributed by atoms with van der Waals surface area (Å²) >= 11 is 12.5. The van der Waals surface area contributed by atoms with E-state index in [-0.39, 0.29) is 0 Å². The van der Waals surface area contributed by atoms with Gasteiger partial charge in [0, 0.05) is 23.7 Å². The van der Waals surface area contributed by atoms with Crippen LogP contribution in [0.3, 0.4) is 0 Å². The van der Waals surface area contributed by atoms with Gasteiger partial charge >= 0.3 is 0 Å². The number of benzene rings is 1. The molecular weight excluding hydrogens is 367 g/mol. The molecule has 0 aromatic heterocycles. The van der Waals surface area contributed by atoms with Crippen LogP contribution in [-0.4, -0.2) is 28.0 Å². The Morgan fingerprint density at radius 3 is 2.54 bits per heavy atom. The molecule has 6 heteroatoms. The maximum Gasteiger partial charge on any atom is 0.141 e. The molecule has 1 aromatic carbocycles. The SMILES string of the molecule is CCCCN(CC)c1nc(C)[nH]c2c(-c3ccc(Cl)cc3Cl)nc(C)c1-2. The van der Waals surface area contributed by atoms with Crippen molar-refractivity contribution in [1.82, 2.24) is 15.0 Å². The Morgan fingerprint density at radius 1 is 1.12 bits per heavy atom. The maximum absolute atomic E-state index is 6.45. The lowest BCUT2D eigenvalue weighted by molar-refractivity contribution is 0.721. The second kappa shape index (κ2) is 7.85. The van der Waals surface area contributed by atoms with Crippen molar-refractivity contribution >= 4 is 29.0 Å². The monoisotopic (exact) mass is 390 g/mol. The molecule has 4 nitrogen and oxygen atoms in total.